The maximum atomic E-state index is 11.4. The molecule has 102 valence electrons. The Bertz CT molecular complexity index is 708. The van der Waals surface area contributed by atoms with Crippen molar-refractivity contribution in [1.82, 2.24) is 9.78 Å². The van der Waals surface area contributed by atoms with Crippen molar-refractivity contribution >= 4 is 21.4 Å². The summed E-state index contributed by atoms with van der Waals surface area (Å²) in [6.07, 6.45) is 2.99. The molecule has 1 atom stereocenters. The van der Waals surface area contributed by atoms with Gasteiger partial charge in [0.25, 0.3) is 0 Å². The van der Waals surface area contributed by atoms with Gasteiger partial charge in [0.1, 0.15) is 4.90 Å². The number of aliphatic hydroxyl groups is 1. The van der Waals surface area contributed by atoms with Crippen LogP contribution < -0.4 is 0 Å². The number of halogens is 1. The van der Waals surface area contributed by atoms with Gasteiger partial charge in [-0.1, -0.05) is 17.7 Å². The quantitative estimate of drug-likeness (QED) is 0.941. The van der Waals surface area contributed by atoms with Crippen LogP contribution in [0.25, 0.3) is 5.69 Å². The van der Waals surface area contributed by atoms with Gasteiger partial charge in [0.15, 0.2) is 9.84 Å². The van der Waals surface area contributed by atoms with E-state index >= 15 is 0 Å². The minimum Gasteiger partial charge on any atom is -0.389 e. The van der Waals surface area contributed by atoms with Crippen molar-refractivity contribution in [3.63, 3.8) is 0 Å². The van der Waals surface area contributed by atoms with Gasteiger partial charge in [-0.05, 0) is 19.1 Å². The number of benzene rings is 1. The van der Waals surface area contributed by atoms with E-state index in [9.17, 15) is 13.5 Å². The first-order chi connectivity index (χ1) is 8.80. The minimum atomic E-state index is -3.31. The van der Waals surface area contributed by atoms with Crippen LogP contribution in [-0.2, 0) is 9.84 Å². The van der Waals surface area contributed by atoms with Gasteiger partial charge in [-0.25, -0.2) is 13.1 Å². The van der Waals surface area contributed by atoms with E-state index < -0.39 is 15.9 Å². The summed E-state index contributed by atoms with van der Waals surface area (Å²) in [7, 11) is -3.31. The first kappa shape index (κ1) is 14.0. The Morgan fingerprint density at radius 2 is 2.11 bits per heavy atom. The number of sulfone groups is 1. The molecule has 0 aliphatic carbocycles. The van der Waals surface area contributed by atoms with E-state index in [4.69, 9.17) is 11.6 Å². The molecule has 1 heterocycles. The number of aromatic nitrogens is 2. The SMILES string of the molecule is C[C@@H](O)c1c(Cl)cccc1-n1cc(S(C)(=O)=O)cn1. The van der Waals surface area contributed by atoms with Crippen LogP contribution in [0.4, 0.5) is 0 Å². The molecular weight excluding hydrogens is 288 g/mol. The zero-order chi connectivity index (χ0) is 14.2. The van der Waals surface area contributed by atoms with Crippen molar-refractivity contribution in [2.45, 2.75) is 17.9 Å². The van der Waals surface area contributed by atoms with Gasteiger partial charge in [0, 0.05) is 23.0 Å². The standard InChI is InChI=1S/C12H13ClN2O3S/c1-8(16)12-10(13)4-3-5-11(12)15-7-9(6-14-15)19(2,17)18/h3-8,16H,1-2H3/t8-/m1/s1. The van der Waals surface area contributed by atoms with Crippen LogP contribution in [0.3, 0.4) is 0 Å². The van der Waals surface area contributed by atoms with E-state index in [1.807, 2.05) is 0 Å². The Balaban J connectivity index is 2.60. The molecular formula is C12H13ClN2O3S. The van der Waals surface area contributed by atoms with Gasteiger partial charge in [0.2, 0.25) is 0 Å². The number of hydrogen-bond acceptors (Lipinski definition) is 4. The Morgan fingerprint density at radius 1 is 1.42 bits per heavy atom. The second-order valence-corrected chi connectivity index (χ2v) is 6.66. The summed E-state index contributed by atoms with van der Waals surface area (Å²) in [6, 6.07) is 5.09. The van der Waals surface area contributed by atoms with Crippen LogP contribution in [0.2, 0.25) is 5.02 Å². The molecule has 0 radical (unpaired) electrons. The zero-order valence-corrected chi connectivity index (χ0v) is 12.0. The van der Waals surface area contributed by atoms with E-state index in [1.165, 1.54) is 17.1 Å². The third-order valence-corrected chi connectivity index (χ3v) is 4.08. The van der Waals surface area contributed by atoms with Crippen molar-refractivity contribution in [2.75, 3.05) is 6.26 Å². The second-order valence-electron chi connectivity index (χ2n) is 4.24. The molecule has 0 unspecified atom stereocenters. The van der Waals surface area contributed by atoms with Crippen LogP contribution in [0.5, 0.6) is 0 Å². The van der Waals surface area contributed by atoms with Crippen molar-refractivity contribution in [3.8, 4) is 5.69 Å². The molecule has 5 nitrogen and oxygen atoms in total. The molecule has 7 heteroatoms. The fourth-order valence-electron chi connectivity index (χ4n) is 1.77. The Hall–Kier alpha value is -1.37. The predicted octanol–water partition coefficient (Wildman–Crippen LogP) is 1.98. The fourth-order valence-corrected chi connectivity index (χ4v) is 2.63. The van der Waals surface area contributed by atoms with E-state index in [1.54, 1.807) is 25.1 Å². The van der Waals surface area contributed by atoms with Gasteiger partial charge in [-0.3, -0.25) is 0 Å². The lowest BCUT2D eigenvalue weighted by Crippen LogP contribution is -2.04. The molecule has 2 rings (SSSR count). The normalized spacial score (nSPS) is 13.5. The topological polar surface area (TPSA) is 72.2 Å². The van der Waals surface area contributed by atoms with Gasteiger partial charge in [-0.2, -0.15) is 5.10 Å². The summed E-state index contributed by atoms with van der Waals surface area (Å²) in [4.78, 5) is 0.115. The lowest BCUT2D eigenvalue weighted by atomic mass is 10.1. The van der Waals surface area contributed by atoms with Gasteiger partial charge in [-0.15, -0.1) is 0 Å². The molecule has 0 fully saturated rings. The summed E-state index contributed by atoms with van der Waals surface area (Å²) in [5, 5.41) is 14.2. The highest BCUT2D eigenvalue weighted by Gasteiger charge is 2.16. The van der Waals surface area contributed by atoms with Gasteiger partial charge < -0.3 is 5.11 Å². The van der Waals surface area contributed by atoms with Crippen molar-refractivity contribution in [2.24, 2.45) is 0 Å². The monoisotopic (exact) mass is 300 g/mol. The third kappa shape index (κ3) is 2.80. The molecule has 0 aliphatic heterocycles. The van der Waals surface area contributed by atoms with Crippen LogP contribution in [0.15, 0.2) is 35.5 Å². The molecule has 0 saturated heterocycles. The van der Waals surface area contributed by atoms with E-state index in [0.29, 0.717) is 16.3 Å². The summed E-state index contributed by atoms with van der Waals surface area (Å²) >= 11 is 6.05. The molecule has 0 aliphatic rings. The average molecular weight is 301 g/mol. The highest BCUT2D eigenvalue weighted by molar-refractivity contribution is 7.90. The lowest BCUT2D eigenvalue weighted by molar-refractivity contribution is 0.199. The molecule has 1 aromatic carbocycles. The summed E-state index contributed by atoms with van der Waals surface area (Å²) in [5.41, 5.74) is 1.06. The number of nitrogens with zero attached hydrogens (tertiary/aromatic N) is 2. The molecule has 1 aromatic heterocycles. The molecule has 1 N–H and O–H groups in total. The smallest absolute Gasteiger partial charge is 0.178 e. The first-order valence-corrected chi connectivity index (χ1v) is 7.79. The first-order valence-electron chi connectivity index (χ1n) is 5.52. The van der Waals surface area contributed by atoms with Gasteiger partial charge >= 0.3 is 0 Å². The lowest BCUT2D eigenvalue weighted by Gasteiger charge is -2.13. The number of hydrogen-bond donors (Lipinski definition) is 1. The van der Waals surface area contributed by atoms with E-state index in [2.05, 4.69) is 5.10 Å². The van der Waals surface area contributed by atoms with Crippen molar-refractivity contribution in [3.05, 3.63) is 41.2 Å². The molecule has 2 aromatic rings. The summed E-state index contributed by atoms with van der Waals surface area (Å²) in [6.45, 7) is 1.59. The van der Waals surface area contributed by atoms with Crippen molar-refractivity contribution in [1.29, 1.82) is 0 Å². The summed E-state index contributed by atoms with van der Waals surface area (Å²) in [5.74, 6) is 0. The average Bonchev–Trinajstić information content (AvgIpc) is 2.76. The maximum absolute atomic E-state index is 11.4. The predicted molar refractivity (Wildman–Crippen MR) is 72.3 cm³/mol. The van der Waals surface area contributed by atoms with Crippen molar-refractivity contribution < 1.29 is 13.5 Å². The van der Waals surface area contributed by atoms with E-state index in [0.717, 1.165) is 6.26 Å². The highest BCUT2D eigenvalue weighted by Crippen LogP contribution is 2.29. The number of aliphatic hydroxyl groups excluding tert-OH is 1. The van der Waals surface area contributed by atoms with E-state index in [-0.39, 0.29) is 4.90 Å². The zero-order valence-electron chi connectivity index (χ0n) is 10.4. The summed E-state index contributed by atoms with van der Waals surface area (Å²) < 4.78 is 24.3. The second kappa shape index (κ2) is 4.96. The maximum Gasteiger partial charge on any atom is 0.178 e. The molecule has 0 amide bonds. The Morgan fingerprint density at radius 3 is 2.63 bits per heavy atom. The Labute approximate surface area is 116 Å². The number of rotatable bonds is 3. The molecule has 0 saturated carbocycles. The van der Waals surface area contributed by atoms with Crippen LogP contribution in [0.1, 0.15) is 18.6 Å². The van der Waals surface area contributed by atoms with Crippen LogP contribution in [-0.4, -0.2) is 29.6 Å². The van der Waals surface area contributed by atoms with Gasteiger partial charge in [0.05, 0.1) is 18.0 Å². The largest absolute Gasteiger partial charge is 0.389 e. The Kier molecular flexibility index (Phi) is 3.66. The fraction of sp³-hybridized carbons (Fsp3) is 0.250. The molecule has 0 spiro atoms. The molecule has 19 heavy (non-hydrogen) atoms. The van der Waals surface area contributed by atoms with Crippen LogP contribution >= 0.6 is 11.6 Å². The van der Waals surface area contributed by atoms with Crippen LogP contribution in [0, 0.1) is 0 Å². The minimum absolute atomic E-state index is 0.115. The molecule has 0 bridgehead atoms. The highest BCUT2D eigenvalue weighted by atomic mass is 35.5. The third-order valence-electron chi connectivity index (χ3n) is 2.68.